The first-order valence-electron chi connectivity index (χ1n) is 4.40. The third kappa shape index (κ3) is 2.80. The molecule has 0 fully saturated rings. The third-order valence-electron chi connectivity index (χ3n) is 2.14. The normalized spacial score (nSPS) is 15.4. The van der Waals surface area contributed by atoms with Crippen LogP contribution < -0.4 is 0 Å². The van der Waals surface area contributed by atoms with E-state index in [2.05, 4.69) is 0 Å². The summed E-state index contributed by atoms with van der Waals surface area (Å²) < 4.78 is 162. The molecule has 0 aromatic rings. The zero-order valence-corrected chi connectivity index (χ0v) is 11.4. The van der Waals surface area contributed by atoms with Gasteiger partial charge in [-0.05, 0) is 9.85 Å². The van der Waals surface area contributed by atoms with E-state index in [4.69, 9.17) is 0 Å². The van der Waals surface area contributed by atoms with Gasteiger partial charge in [0.15, 0.2) is 0 Å². The molecule has 0 aliphatic rings. The van der Waals surface area contributed by atoms with Crippen molar-refractivity contribution >= 4 is 22.6 Å². The maximum Gasteiger partial charge on any atom is 0.460 e. The van der Waals surface area contributed by atoms with Gasteiger partial charge in [-0.2, -0.15) is 57.1 Å². The van der Waals surface area contributed by atoms with Gasteiger partial charge in [0, 0.05) is 22.6 Å². The van der Waals surface area contributed by atoms with Crippen LogP contribution in [0.3, 0.4) is 0 Å². The first-order valence-corrected chi connectivity index (χ1v) is 5.47. The molecule has 0 rings (SSSR count). The number of alkyl halides is 13. The molecule has 0 aliphatic heterocycles. The summed E-state index contributed by atoms with van der Waals surface area (Å²) in [6.07, 6.45) is -7.40. The first kappa shape index (κ1) is 21.4. The zero-order chi connectivity index (χ0) is 18.4. The Bertz CT molecular complexity index is 476. The number of hydrogen-bond donors (Lipinski definition) is 0. The van der Waals surface area contributed by atoms with Crippen LogP contribution in [0.1, 0.15) is 0 Å². The molecule has 0 amide bonds. The molecular formula is C8F13I. The van der Waals surface area contributed by atoms with Gasteiger partial charge < -0.3 is 0 Å². The summed E-state index contributed by atoms with van der Waals surface area (Å²) in [4.78, 5) is 0. The molecule has 0 aliphatic carbocycles. The lowest BCUT2D eigenvalue weighted by atomic mass is 9.94. The Labute approximate surface area is 126 Å². The molecule has 0 saturated heterocycles. The van der Waals surface area contributed by atoms with Crippen LogP contribution in [-0.4, -0.2) is 35.8 Å². The fraction of sp³-hybridized carbons (Fsp3) is 0.750. The van der Waals surface area contributed by atoms with E-state index in [0.717, 1.165) is 3.93 Å². The van der Waals surface area contributed by atoms with Gasteiger partial charge in [0.25, 0.3) is 0 Å². The fourth-order valence-electron chi connectivity index (χ4n) is 0.907. The highest BCUT2D eigenvalue weighted by Gasteiger charge is 2.90. The molecule has 0 radical (unpaired) electrons. The van der Waals surface area contributed by atoms with Crippen LogP contribution in [-0.2, 0) is 0 Å². The van der Waals surface area contributed by atoms with Gasteiger partial charge in [0.05, 0.1) is 0 Å². The van der Waals surface area contributed by atoms with Crippen molar-refractivity contribution in [1.82, 2.24) is 0 Å². The Morgan fingerprint density at radius 2 is 0.818 bits per heavy atom. The number of hydrogen-bond acceptors (Lipinski definition) is 0. The first-order chi connectivity index (χ1) is 9.31. The Balaban J connectivity index is 6.27. The summed E-state index contributed by atoms with van der Waals surface area (Å²) in [5.41, 5.74) is 0. The van der Waals surface area contributed by atoms with Crippen molar-refractivity contribution in [2.45, 2.75) is 35.8 Å². The molecule has 0 nitrogen and oxygen atoms in total. The Hall–Kier alpha value is -0.620. The van der Waals surface area contributed by atoms with E-state index in [0.29, 0.717) is 22.6 Å². The zero-order valence-electron chi connectivity index (χ0n) is 9.29. The summed E-state index contributed by atoms with van der Waals surface area (Å²) in [7, 11) is 0. The van der Waals surface area contributed by atoms with E-state index < -0.39 is 35.8 Å². The molecular weight excluding hydrogens is 470 g/mol. The second-order valence-electron chi connectivity index (χ2n) is 3.59. The van der Waals surface area contributed by atoms with Crippen molar-refractivity contribution in [2.75, 3.05) is 0 Å². The monoisotopic (exact) mass is 470 g/mol. The Morgan fingerprint density at radius 1 is 0.500 bits per heavy atom. The SMILES string of the molecule is FC(F)(F)C(F)(F)C(F)(F)C(F)(F)C(F)(F)C(F)(F)C#CI. The predicted molar refractivity (Wildman–Crippen MR) is 52.6 cm³/mol. The van der Waals surface area contributed by atoms with Crippen molar-refractivity contribution < 1.29 is 57.1 Å². The topological polar surface area (TPSA) is 0 Å². The fourth-order valence-corrected chi connectivity index (χ4v) is 1.25. The molecule has 0 bridgehead atoms. The van der Waals surface area contributed by atoms with Crippen LogP contribution in [0, 0.1) is 9.85 Å². The molecule has 14 heteroatoms. The molecule has 0 saturated carbocycles. The second-order valence-corrected chi connectivity index (χ2v) is 4.13. The maximum absolute atomic E-state index is 12.8. The molecule has 0 unspecified atom stereocenters. The van der Waals surface area contributed by atoms with Crippen molar-refractivity contribution in [3.8, 4) is 9.85 Å². The van der Waals surface area contributed by atoms with E-state index in [-0.39, 0.29) is 5.92 Å². The minimum Gasteiger partial charge on any atom is -0.192 e. The van der Waals surface area contributed by atoms with Gasteiger partial charge in [-0.15, -0.1) is 0 Å². The minimum absolute atomic E-state index is 0.0444. The molecule has 0 N–H and O–H groups in total. The highest BCUT2D eigenvalue weighted by Crippen LogP contribution is 2.60. The Morgan fingerprint density at radius 3 is 1.09 bits per heavy atom. The van der Waals surface area contributed by atoms with E-state index >= 15 is 0 Å². The van der Waals surface area contributed by atoms with Crippen molar-refractivity contribution in [3.05, 3.63) is 0 Å². The Kier molecular flexibility index (Phi) is 5.32. The van der Waals surface area contributed by atoms with Crippen LogP contribution in [0.5, 0.6) is 0 Å². The average molecular weight is 470 g/mol. The molecule has 0 aromatic carbocycles. The molecule has 130 valence electrons. The molecule has 0 spiro atoms. The lowest BCUT2D eigenvalue weighted by Crippen LogP contribution is -2.69. The van der Waals surface area contributed by atoms with Gasteiger partial charge in [-0.25, -0.2) is 0 Å². The summed E-state index contributed by atoms with van der Waals surface area (Å²) in [5.74, 6) is -36.9. The van der Waals surface area contributed by atoms with E-state index in [1.807, 2.05) is 0 Å². The minimum atomic E-state index is -7.88. The van der Waals surface area contributed by atoms with E-state index in [1.54, 1.807) is 0 Å². The summed E-state index contributed by atoms with van der Waals surface area (Å²) in [6, 6.07) is 0. The van der Waals surface area contributed by atoms with E-state index in [1.165, 1.54) is 0 Å². The molecule has 0 atom stereocenters. The number of rotatable bonds is 4. The van der Waals surface area contributed by atoms with Gasteiger partial charge in [-0.1, -0.05) is 0 Å². The van der Waals surface area contributed by atoms with Crippen LogP contribution in [0.2, 0.25) is 0 Å². The van der Waals surface area contributed by atoms with Gasteiger partial charge >= 0.3 is 35.8 Å². The van der Waals surface area contributed by atoms with Crippen molar-refractivity contribution in [2.24, 2.45) is 0 Å². The molecule has 0 heterocycles. The van der Waals surface area contributed by atoms with Gasteiger partial charge in [0.2, 0.25) is 0 Å². The predicted octanol–water partition coefficient (Wildman–Crippen LogP) is 5.12. The second kappa shape index (κ2) is 5.48. The largest absolute Gasteiger partial charge is 0.460 e. The highest BCUT2D eigenvalue weighted by molar-refractivity contribution is 14.1. The lowest BCUT2D eigenvalue weighted by molar-refractivity contribution is -0.435. The smallest absolute Gasteiger partial charge is 0.192 e. The number of halogens is 14. The standard InChI is InChI=1S/C8F13I/c9-3(10,1-2-22)4(11,12)5(13,14)6(15,16)7(17,18)8(19,20)21. The molecule has 0 aromatic heterocycles. The maximum atomic E-state index is 12.8. The van der Waals surface area contributed by atoms with Gasteiger partial charge in [-0.3, -0.25) is 0 Å². The van der Waals surface area contributed by atoms with Crippen molar-refractivity contribution in [3.63, 3.8) is 0 Å². The summed E-state index contributed by atoms with van der Waals surface area (Å²) >= 11 is 0.596. The van der Waals surface area contributed by atoms with Crippen LogP contribution >= 0.6 is 22.6 Å². The quantitative estimate of drug-likeness (QED) is 0.304. The summed E-state index contributed by atoms with van der Waals surface area (Å²) in [6.45, 7) is 0. The van der Waals surface area contributed by atoms with E-state index in [9.17, 15) is 57.1 Å². The average Bonchev–Trinajstić information content (AvgIpc) is 2.26. The third-order valence-corrected chi connectivity index (χ3v) is 2.41. The van der Waals surface area contributed by atoms with Crippen LogP contribution in [0.4, 0.5) is 57.1 Å². The highest BCUT2D eigenvalue weighted by atomic mass is 127. The molecule has 22 heavy (non-hydrogen) atoms. The van der Waals surface area contributed by atoms with Gasteiger partial charge in [0.1, 0.15) is 0 Å². The summed E-state index contributed by atoms with van der Waals surface area (Å²) in [5, 5.41) is 0. The lowest BCUT2D eigenvalue weighted by Gasteiger charge is -2.38. The van der Waals surface area contributed by atoms with Crippen LogP contribution in [0.25, 0.3) is 0 Å². The van der Waals surface area contributed by atoms with Crippen molar-refractivity contribution in [1.29, 1.82) is 0 Å². The van der Waals surface area contributed by atoms with Crippen LogP contribution in [0.15, 0.2) is 0 Å².